The third kappa shape index (κ3) is 3.24. The van der Waals surface area contributed by atoms with Gasteiger partial charge in [0.2, 0.25) is 0 Å². The van der Waals surface area contributed by atoms with Crippen LogP contribution in [0.3, 0.4) is 0 Å². The fraction of sp³-hybridized carbons (Fsp3) is 0.765. The Kier molecular flexibility index (Phi) is 4.40. The van der Waals surface area contributed by atoms with Crippen molar-refractivity contribution in [2.75, 3.05) is 6.54 Å². The van der Waals surface area contributed by atoms with E-state index in [9.17, 15) is 4.79 Å². The predicted octanol–water partition coefficient (Wildman–Crippen LogP) is 3.47. The van der Waals surface area contributed by atoms with E-state index in [4.69, 9.17) is 4.74 Å². The largest absolute Gasteiger partial charge is 0.444 e. The molecule has 1 aliphatic carbocycles. The Morgan fingerprint density at radius 2 is 2.26 bits per heavy atom. The summed E-state index contributed by atoms with van der Waals surface area (Å²) in [6.07, 6.45) is 4.18. The molecule has 1 unspecified atom stereocenters. The molecule has 1 saturated carbocycles. The highest BCUT2D eigenvalue weighted by atomic mass is 32.1. The first-order chi connectivity index (χ1) is 10.8. The number of ether oxygens (including phenoxy) is 1. The van der Waals surface area contributed by atoms with Crippen molar-refractivity contribution in [2.24, 2.45) is 0 Å². The number of amides is 1. The minimum Gasteiger partial charge on any atom is -0.444 e. The third-order valence-electron chi connectivity index (χ3n) is 5.01. The maximum Gasteiger partial charge on any atom is 0.410 e. The van der Waals surface area contributed by atoms with Gasteiger partial charge in [0.15, 0.2) is 0 Å². The Hall–Kier alpha value is -1.14. The minimum absolute atomic E-state index is 0.0407. The zero-order chi connectivity index (χ0) is 16.7. The van der Waals surface area contributed by atoms with Gasteiger partial charge in [-0.2, -0.15) is 0 Å². The van der Waals surface area contributed by atoms with Crippen LogP contribution in [0.25, 0.3) is 0 Å². The van der Waals surface area contributed by atoms with Crippen molar-refractivity contribution in [1.29, 1.82) is 0 Å². The van der Waals surface area contributed by atoms with Crippen LogP contribution in [0, 0.1) is 6.92 Å². The number of nitrogens with one attached hydrogen (secondary N) is 1. The summed E-state index contributed by atoms with van der Waals surface area (Å²) in [5.41, 5.74) is 2.52. The van der Waals surface area contributed by atoms with Gasteiger partial charge in [0.05, 0.1) is 16.7 Å². The average molecular weight is 337 g/mol. The average Bonchev–Trinajstić information content (AvgIpc) is 2.97. The van der Waals surface area contributed by atoms with E-state index in [-0.39, 0.29) is 11.6 Å². The van der Waals surface area contributed by atoms with Gasteiger partial charge in [-0.1, -0.05) is 0 Å². The zero-order valence-corrected chi connectivity index (χ0v) is 15.3. The molecule has 5 nitrogen and oxygen atoms in total. The van der Waals surface area contributed by atoms with Gasteiger partial charge in [0.25, 0.3) is 0 Å². The lowest BCUT2D eigenvalue weighted by atomic mass is 9.72. The molecule has 1 atom stereocenters. The molecule has 1 aromatic heterocycles. The summed E-state index contributed by atoms with van der Waals surface area (Å²) in [5, 5.41) is 3.69. The standard InChI is InChI=1S/C17H27N3O2S/c1-12-13(23-11-19-12)10-18-14-6-9-20(17(14)7-5-8-17)15(21)22-16(2,3)4/h11,14,18H,5-10H2,1-4H3. The second-order valence-electron chi connectivity index (χ2n) is 7.67. The van der Waals surface area contributed by atoms with Gasteiger partial charge < -0.3 is 15.0 Å². The molecule has 0 aromatic carbocycles. The van der Waals surface area contributed by atoms with E-state index in [1.54, 1.807) is 11.3 Å². The van der Waals surface area contributed by atoms with E-state index >= 15 is 0 Å². The van der Waals surface area contributed by atoms with E-state index in [0.717, 1.165) is 38.0 Å². The van der Waals surface area contributed by atoms with Crippen LogP contribution in [0.1, 0.15) is 57.0 Å². The highest BCUT2D eigenvalue weighted by Gasteiger charge is 2.55. The lowest BCUT2D eigenvalue weighted by Crippen LogP contribution is -2.61. The quantitative estimate of drug-likeness (QED) is 0.917. The summed E-state index contributed by atoms with van der Waals surface area (Å²) in [6.45, 7) is 9.46. The van der Waals surface area contributed by atoms with Gasteiger partial charge in [-0.3, -0.25) is 0 Å². The van der Waals surface area contributed by atoms with Gasteiger partial charge in [-0.25, -0.2) is 9.78 Å². The first-order valence-corrected chi connectivity index (χ1v) is 9.33. The van der Waals surface area contributed by atoms with Gasteiger partial charge >= 0.3 is 6.09 Å². The SMILES string of the molecule is Cc1ncsc1CNC1CCN(C(=O)OC(C)(C)C)C12CCC2. The summed E-state index contributed by atoms with van der Waals surface area (Å²) in [6, 6.07) is 0.352. The van der Waals surface area contributed by atoms with Gasteiger partial charge in [-0.15, -0.1) is 11.3 Å². The van der Waals surface area contributed by atoms with Crippen molar-refractivity contribution in [3.05, 3.63) is 16.1 Å². The molecule has 2 heterocycles. The molecule has 1 aliphatic heterocycles. The number of aromatic nitrogens is 1. The molecule has 1 amide bonds. The molecule has 1 N–H and O–H groups in total. The molecular weight excluding hydrogens is 310 g/mol. The summed E-state index contributed by atoms with van der Waals surface area (Å²) in [7, 11) is 0. The Morgan fingerprint density at radius 3 is 2.78 bits per heavy atom. The Labute approximate surface area is 142 Å². The lowest BCUT2D eigenvalue weighted by molar-refractivity contribution is -0.0165. The Morgan fingerprint density at radius 1 is 1.52 bits per heavy atom. The van der Waals surface area contributed by atoms with Gasteiger partial charge in [0.1, 0.15) is 5.60 Å². The predicted molar refractivity (Wildman–Crippen MR) is 91.6 cm³/mol. The number of carbonyl (C=O) groups excluding carboxylic acids is 1. The maximum absolute atomic E-state index is 12.6. The fourth-order valence-corrected chi connectivity index (χ4v) is 4.42. The van der Waals surface area contributed by atoms with Crippen LogP contribution >= 0.6 is 11.3 Å². The van der Waals surface area contributed by atoms with Crippen molar-refractivity contribution in [3.8, 4) is 0 Å². The number of hydrogen-bond acceptors (Lipinski definition) is 5. The second kappa shape index (κ2) is 6.06. The number of thiazole rings is 1. The number of hydrogen-bond donors (Lipinski definition) is 1. The second-order valence-corrected chi connectivity index (χ2v) is 8.61. The van der Waals surface area contributed by atoms with E-state index in [1.807, 2.05) is 38.1 Å². The van der Waals surface area contributed by atoms with Crippen molar-refractivity contribution >= 4 is 17.4 Å². The maximum atomic E-state index is 12.6. The Balaban J connectivity index is 1.67. The van der Waals surface area contributed by atoms with Crippen LogP contribution in [-0.2, 0) is 11.3 Å². The highest BCUT2D eigenvalue weighted by molar-refractivity contribution is 7.09. The van der Waals surface area contributed by atoms with E-state index in [1.165, 1.54) is 11.3 Å². The molecule has 3 rings (SSSR count). The molecule has 1 spiro atoms. The van der Waals surface area contributed by atoms with Crippen LogP contribution in [0.5, 0.6) is 0 Å². The van der Waals surface area contributed by atoms with E-state index in [0.29, 0.717) is 6.04 Å². The van der Waals surface area contributed by atoms with Crippen LogP contribution < -0.4 is 5.32 Å². The van der Waals surface area contributed by atoms with Crippen molar-refractivity contribution in [3.63, 3.8) is 0 Å². The summed E-state index contributed by atoms with van der Waals surface area (Å²) in [4.78, 5) is 20.2. The Bertz CT molecular complexity index is 575. The monoisotopic (exact) mass is 337 g/mol. The molecule has 0 radical (unpaired) electrons. The zero-order valence-electron chi connectivity index (χ0n) is 14.5. The molecule has 1 saturated heterocycles. The van der Waals surface area contributed by atoms with Crippen LogP contribution in [0.15, 0.2) is 5.51 Å². The first kappa shape index (κ1) is 16.7. The van der Waals surface area contributed by atoms with Gasteiger partial charge in [-0.05, 0) is 53.4 Å². The fourth-order valence-electron chi connectivity index (χ4n) is 3.69. The minimum atomic E-state index is -0.437. The number of carbonyl (C=O) groups is 1. The topological polar surface area (TPSA) is 54.5 Å². The molecule has 23 heavy (non-hydrogen) atoms. The number of nitrogens with zero attached hydrogens (tertiary/aromatic N) is 2. The van der Waals surface area contributed by atoms with Crippen LogP contribution in [-0.4, -0.2) is 39.7 Å². The van der Waals surface area contributed by atoms with Crippen molar-refractivity contribution in [2.45, 2.75) is 77.1 Å². The third-order valence-corrected chi connectivity index (χ3v) is 5.95. The number of likely N-dealkylation sites (tertiary alicyclic amines) is 1. The van der Waals surface area contributed by atoms with Crippen molar-refractivity contribution < 1.29 is 9.53 Å². The molecule has 2 aliphatic rings. The van der Waals surface area contributed by atoms with Crippen molar-refractivity contribution in [1.82, 2.24) is 15.2 Å². The summed E-state index contributed by atoms with van der Waals surface area (Å²) in [5.74, 6) is 0. The summed E-state index contributed by atoms with van der Waals surface area (Å²) < 4.78 is 5.62. The molecular formula is C17H27N3O2S. The highest BCUT2D eigenvalue weighted by Crippen LogP contribution is 2.46. The number of rotatable bonds is 3. The lowest BCUT2D eigenvalue weighted by Gasteiger charge is -2.49. The van der Waals surface area contributed by atoms with Gasteiger partial charge in [0, 0.05) is 24.0 Å². The normalized spacial score (nSPS) is 23.1. The van der Waals surface area contributed by atoms with E-state index in [2.05, 4.69) is 10.3 Å². The molecule has 128 valence electrons. The molecule has 0 bridgehead atoms. The summed E-state index contributed by atoms with van der Waals surface area (Å²) >= 11 is 1.69. The van der Waals surface area contributed by atoms with Crippen LogP contribution in [0.2, 0.25) is 0 Å². The van der Waals surface area contributed by atoms with E-state index < -0.39 is 5.60 Å². The molecule has 6 heteroatoms. The molecule has 2 fully saturated rings. The van der Waals surface area contributed by atoms with Crippen LogP contribution in [0.4, 0.5) is 4.79 Å². The molecule has 1 aromatic rings. The first-order valence-electron chi connectivity index (χ1n) is 8.45. The smallest absolute Gasteiger partial charge is 0.410 e. The number of aryl methyl sites for hydroxylation is 1.